The molecule has 0 radical (unpaired) electrons. The van der Waals surface area contributed by atoms with Crippen LogP contribution >= 0.6 is 0 Å². The van der Waals surface area contributed by atoms with Crippen LogP contribution in [-0.2, 0) is 32.9 Å². The summed E-state index contributed by atoms with van der Waals surface area (Å²) in [6.07, 6.45) is 1.21. The Morgan fingerprint density at radius 3 is 0.641 bits per heavy atom. The molecule has 0 N–H and O–H groups in total. The summed E-state index contributed by atoms with van der Waals surface area (Å²) in [6, 6.07) is 5.96. The van der Waals surface area contributed by atoms with E-state index in [9.17, 15) is 0 Å². The van der Waals surface area contributed by atoms with Crippen molar-refractivity contribution in [3.63, 3.8) is 0 Å². The maximum absolute atomic E-state index is 6.70. The molecule has 0 rings (SSSR count). The molecule has 0 aromatic rings. The van der Waals surface area contributed by atoms with E-state index >= 15 is 0 Å². The predicted octanol–water partition coefficient (Wildman–Crippen LogP) is 17.4. The van der Waals surface area contributed by atoms with Gasteiger partial charge in [-0.3, -0.25) is 0 Å². The Labute approximate surface area is 417 Å². The third-order valence-electron chi connectivity index (χ3n) is 9.24. The lowest BCUT2D eigenvalue weighted by molar-refractivity contribution is 0.387. The van der Waals surface area contributed by atoms with E-state index in [1.807, 2.05) is 17.1 Å². The molecule has 0 aromatic carbocycles. The van der Waals surface area contributed by atoms with Crippen LogP contribution in [0.25, 0.3) is 0 Å². The molecular formula is C43H116O8Si13. The summed E-state index contributed by atoms with van der Waals surface area (Å²) in [5.41, 5.74) is 5.90. The van der Waals surface area contributed by atoms with E-state index in [4.69, 9.17) is 32.9 Å². The van der Waals surface area contributed by atoms with E-state index < -0.39 is 109 Å². The monoisotopic (exact) mass is 1120 g/mol. The van der Waals surface area contributed by atoms with Crippen LogP contribution in [0.4, 0.5) is 0 Å². The van der Waals surface area contributed by atoms with Crippen molar-refractivity contribution < 1.29 is 32.9 Å². The highest BCUT2D eigenvalue weighted by Crippen LogP contribution is 2.31. The number of hydrogen-bond donors (Lipinski definition) is 0. The first kappa shape index (κ1) is 74.7. The van der Waals surface area contributed by atoms with Gasteiger partial charge < -0.3 is 32.9 Å². The fraction of sp³-hybridized carbons (Fsp3) is 0.860. The lowest BCUT2D eigenvalue weighted by atomic mass is 10.6. The molecule has 0 fully saturated rings. The summed E-state index contributed by atoms with van der Waals surface area (Å²) in [7, 11) is -22.6. The first-order valence-electron chi connectivity index (χ1n) is 23.3. The Kier molecular flexibility index (Phi) is 32.8. The normalized spacial score (nSPS) is 14.2. The van der Waals surface area contributed by atoms with Crippen molar-refractivity contribution in [1.82, 2.24) is 0 Å². The smallest absolute Gasteiger partial charge is 0.311 e. The summed E-state index contributed by atoms with van der Waals surface area (Å²) in [4.78, 5) is 0. The minimum Gasteiger partial charge on any atom is -0.456 e. The first-order valence-corrected chi connectivity index (χ1v) is 63.1. The molecule has 0 unspecified atom stereocenters. The second-order valence-electron chi connectivity index (χ2n) is 25.2. The van der Waals surface area contributed by atoms with Crippen molar-refractivity contribution in [2.24, 2.45) is 0 Å². The first-order chi connectivity index (χ1) is 26.8. The van der Waals surface area contributed by atoms with E-state index in [-0.39, 0.29) is 14.9 Å². The zero-order valence-corrected chi connectivity index (χ0v) is 59.9. The van der Waals surface area contributed by atoms with Crippen molar-refractivity contribution in [2.75, 3.05) is 0 Å². The molecule has 0 spiro atoms. The molecule has 0 aliphatic heterocycles. The predicted molar refractivity (Wildman–Crippen MR) is 326 cm³/mol. The van der Waals surface area contributed by atoms with Gasteiger partial charge in [0.1, 0.15) is 0 Å². The van der Waals surface area contributed by atoms with E-state index in [2.05, 4.69) is 210 Å². The fourth-order valence-electron chi connectivity index (χ4n) is 7.80. The molecule has 0 aromatic heterocycles. The maximum Gasteiger partial charge on any atom is 0.311 e. The summed E-state index contributed by atoms with van der Waals surface area (Å²) in [5, 5.41) is 0. The third kappa shape index (κ3) is 42.6. The van der Waals surface area contributed by atoms with Crippen LogP contribution in [0.1, 0.15) is 28.2 Å². The fourth-order valence-corrected chi connectivity index (χ4v) is 67.7. The minimum atomic E-state index is -2.10. The molecule has 0 aliphatic carbocycles. The van der Waals surface area contributed by atoms with Crippen LogP contribution in [0.3, 0.4) is 0 Å². The zero-order valence-electron chi connectivity index (χ0n) is 46.9. The highest BCUT2D eigenvalue weighted by Gasteiger charge is 2.43. The molecule has 0 saturated heterocycles. The van der Waals surface area contributed by atoms with Crippen molar-refractivity contribution in [3.8, 4) is 0 Å². The zero-order chi connectivity index (χ0) is 50.5. The van der Waals surface area contributed by atoms with Gasteiger partial charge in [0, 0.05) is 0 Å². The SMILES string of the molecule is C.C.C=C[Si](C)(C)O[Si](C)(C)O[Si](C)(C)C=C.C=C[Si](C)(C)O[Si](C)(C)O[Si](C)(C)CC[Si](C)(C)O[Si](C)(C)C.CCC[Si](C)(C)O[Si](C)(C)O[Si](C)(C)CC[Si](C)(C)O[Si](C)(C)C. The average molecular weight is 1130 g/mol. The molecule has 0 saturated carbocycles. The van der Waals surface area contributed by atoms with E-state index in [1.54, 1.807) is 0 Å². The van der Waals surface area contributed by atoms with Gasteiger partial charge in [-0.15, -0.1) is 19.7 Å². The Bertz CT molecular complexity index is 1330. The van der Waals surface area contributed by atoms with Crippen LogP contribution in [-0.4, -0.2) is 109 Å². The molecular weight excluding hydrogens is 1010 g/mol. The molecule has 0 amide bonds. The van der Waals surface area contributed by atoms with Gasteiger partial charge in [-0.1, -0.05) is 45.3 Å². The summed E-state index contributed by atoms with van der Waals surface area (Å²) >= 11 is 0. The quantitative estimate of drug-likeness (QED) is 0.0754. The van der Waals surface area contributed by atoms with Gasteiger partial charge in [0.15, 0.2) is 83.2 Å². The van der Waals surface area contributed by atoms with Gasteiger partial charge in [0.2, 0.25) is 0 Å². The molecule has 0 heterocycles. The largest absolute Gasteiger partial charge is 0.456 e. The van der Waals surface area contributed by atoms with Crippen molar-refractivity contribution in [3.05, 3.63) is 36.8 Å². The highest BCUT2D eigenvalue weighted by molar-refractivity contribution is 6.92. The second-order valence-corrected chi connectivity index (χ2v) is 79.5. The van der Waals surface area contributed by atoms with Crippen LogP contribution in [0.15, 0.2) is 36.8 Å². The molecule has 21 heteroatoms. The van der Waals surface area contributed by atoms with Gasteiger partial charge in [0.05, 0.1) is 0 Å². The van der Waals surface area contributed by atoms with E-state index in [0.29, 0.717) is 0 Å². The summed E-state index contributed by atoms with van der Waals surface area (Å²) in [5.74, 6) is 0. The minimum absolute atomic E-state index is 0. The molecule has 0 atom stereocenters. The lowest BCUT2D eigenvalue weighted by Crippen LogP contribution is -2.53. The van der Waals surface area contributed by atoms with Crippen molar-refractivity contribution in [1.29, 1.82) is 0 Å². The van der Waals surface area contributed by atoms with Gasteiger partial charge >= 0.3 is 25.7 Å². The highest BCUT2D eigenvalue weighted by atomic mass is 28.5. The van der Waals surface area contributed by atoms with Gasteiger partial charge in [-0.25, -0.2) is 0 Å². The van der Waals surface area contributed by atoms with E-state index in [1.165, 1.54) is 30.6 Å². The van der Waals surface area contributed by atoms with Crippen LogP contribution in [0, 0.1) is 0 Å². The van der Waals surface area contributed by atoms with Gasteiger partial charge in [-0.05, 0) is 214 Å². The summed E-state index contributed by atoms with van der Waals surface area (Å²) < 4.78 is 51.5. The van der Waals surface area contributed by atoms with Crippen molar-refractivity contribution >= 4 is 109 Å². The third-order valence-corrected chi connectivity index (χ3v) is 54.8. The Morgan fingerprint density at radius 2 is 0.453 bits per heavy atom. The molecule has 0 bridgehead atoms. The molecule has 0 aliphatic rings. The number of rotatable bonds is 27. The maximum atomic E-state index is 6.70. The van der Waals surface area contributed by atoms with Crippen molar-refractivity contribution in [2.45, 2.75) is 242 Å². The Hall–Kier alpha value is 1.72. The molecule has 64 heavy (non-hydrogen) atoms. The van der Waals surface area contributed by atoms with Gasteiger partial charge in [-0.2, -0.15) is 0 Å². The standard InChI is InChI=1S/C16H44O3Si5.C15H40O3Si5.C10H24O2Si3.2CH4/c1-13-14-21(5,6)18-24(11,12)19-23(9,10)16-15-22(7,8)17-20(2,3)4;1-13-20(5,6)17-23(11,12)18-22(9,10)15-14-21(7,8)16-19(2,3)4;1-9-13(3,4)11-15(7,8)12-14(5,6)10-2;;/h13-16H2,1-12H3;13H,1,14-15H2,2-12H3;9-10H,1-2H2,3-8H3;2*1H4. The van der Waals surface area contributed by atoms with Crippen LogP contribution < -0.4 is 0 Å². The van der Waals surface area contributed by atoms with Crippen LogP contribution in [0.2, 0.25) is 214 Å². The lowest BCUT2D eigenvalue weighted by Gasteiger charge is -2.40. The summed E-state index contributed by atoms with van der Waals surface area (Å²) in [6.45, 7) is 77.0. The van der Waals surface area contributed by atoms with E-state index in [0.717, 1.165) is 6.04 Å². The second kappa shape index (κ2) is 28.1. The average Bonchev–Trinajstić information content (AvgIpc) is 2.94. The molecule has 8 nitrogen and oxygen atoms in total. The van der Waals surface area contributed by atoms with Crippen LogP contribution in [0.5, 0.6) is 0 Å². The van der Waals surface area contributed by atoms with Gasteiger partial charge in [0.25, 0.3) is 0 Å². The topological polar surface area (TPSA) is 73.8 Å². The molecule has 388 valence electrons. The Balaban J connectivity index is -0.000000275. The number of hydrogen-bond acceptors (Lipinski definition) is 8. The Morgan fingerprint density at radius 1 is 0.281 bits per heavy atom.